The van der Waals surface area contributed by atoms with Crippen LogP contribution in [0.25, 0.3) is 11.0 Å². The maximum absolute atomic E-state index is 13.4. The summed E-state index contributed by atoms with van der Waals surface area (Å²) in [5.41, 5.74) is 3.59. The summed E-state index contributed by atoms with van der Waals surface area (Å²) in [6.07, 6.45) is 3.70. The lowest BCUT2D eigenvalue weighted by Gasteiger charge is -2.31. The Bertz CT molecular complexity index is 1140. The van der Waals surface area contributed by atoms with Crippen molar-refractivity contribution in [1.29, 1.82) is 0 Å². The standard InChI is InChI=1S/C24H26N4O3/c1-15-7-9-28(10-8-15)24(29)19-14-25-23-18(5-3-16(2)26-23)22(19)27-17-4-6-20-21(13-17)31-12-11-30-20/h3-6,13-15H,7-12H2,1-2H3,(H,25,26,27). The van der Waals surface area contributed by atoms with Crippen LogP contribution in [0.3, 0.4) is 0 Å². The zero-order valence-corrected chi connectivity index (χ0v) is 17.9. The van der Waals surface area contributed by atoms with Crippen molar-refractivity contribution in [3.63, 3.8) is 0 Å². The summed E-state index contributed by atoms with van der Waals surface area (Å²) in [4.78, 5) is 24.4. The maximum Gasteiger partial charge on any atom is 0.257 e. The molecule has 1 aromatic carbocycles. The van der Waals surface area contributed by atoms with Crippen LogP contribution in [0.2, 0.25) is 0 Å². The van der Waals surface area contributed by atoms with Crippen molar-refractivity contribution in [2.45, 2.75) is 26.7 Å². The van der Waals surface area contributed by atoms with E-state index in [2.05, 4.69) is 22.2 Å². The molecule has 1 amide bonds. The first-order valence-corrected chi connectivity index (χ1v) is 10.8. The number of carbonyl (C=O) groups excluding carboxylic acids is 1. The molecule has 5 rings (SSSR count). The molecule has 4 heterocycles. The number of pyridine rings is 2. The Morgan fingerprint density at radius 1 is 1.10 bits per heavy atom. The molecule has 0 saturated carbocycles. The van der Waals surface area contributed by atoms with Gasteiger partial charge in [-0.15, -0.1) is 0 Å². The molecule has 2 aliphatic heterocycles. The Morgan fingerprint density at radius 3 is 2.68 bits per heavy atom. The predicted octanol–water partition coefficient (Wildman–Crippen LogP) is 4.33. The van der Waals surface area contributed by atoms with Gasteiger partial charge in [-0.2, -0.15) is 0 Å². The Labute approximate surface area is 181 Å². The molecule has 2 aliphatic rings. The molecule has 1 saturated heterocycles. The van der Waals surface area contributed by atoms with E-state index in [0.717, 1.165) is 54.1 Å². The number of fused-ring (bicyclic) bond motifs is 2. The van der Waals surface area contributed by atoms with Crippen LogP contribution < -0.4 is 14.8 Å². The molecular formula is C24H26N4O3. The Morgan fingerprint density at radius 2 is 1.87 bits per heavy atom. The second-order valence-electron chi connectivity index (χ2n) is 8.33. The van der Waals surface area contributed by atoms with Crippen molar-refractivity contribution in [3.05, 3.63) is 47.8 Å². The molecule has 31 heavy (non-hydrogen) atoms. The molecule has 0 bridgehead atoms. The average molecular weight is 418 g/mol. The van der Waals surface area contributed by atoms with Gasteiger partial charge in [0.05, 0.1) is 11.3 Å². The van der Waals surface area contributed by atoms with E-state index in [9.17, 15) is 4.79 Å². The molecule has 7 heteroatoms. The van der Waals surface area contributed by atoms with Gasteiger partial charge in [-0.05, 0) is 49.9 Å². The van der Waals surface area contributed by atoms with Gasteiger partial charge in [0.2, 0.25) is 0 Å². The fraction of sp³-hybridized carbons (Fsp3) is 0.375. The van der Waals surface area contributed by atoms with Crippen LogP contribution in [0, 0.1) is 12.8 Å². The minimum Gasteiger partial charge on any atom is -0.486 e. The molecule has 0 atom stereocenters. The smallest absolute Gasteiger partial charge is 0.257 e. The summed E-state index contributed by atoms with van der Waals surface area (Å²) in [5.74, 6) is 2.08. The van der Waals surface area contributed by atoms with Crippen LogP contribution >= 0.6 is 0 Å². The monoisotopic (exact) mass is 418 g/mol. The Balaban J connectivity index is 1.55. The second kappa shape index (κ2) is 8.06. The highest BCUT2D eigenvalue weighted by molar-refractivity contribution is 6.07. The number of nitrogens with zero attached hydrogens (tertiary/aromatic N) is 3. The van der Waals surface area contributed by atoms with Gasteiger partial charge in [0.25, 0.3) is 5.91 Å². The third-order valence-electron chi connectivity index (χ3n) is 5.98. The Hall–Kier alpha value is -3.35. The highest BCUT2D eigenvalue weighted by Crippen LogP contribution is 2.36. The normalized spacial score (nSPS) is 16.4. The number of ether oxygens (including phenoxy) is 2. The Kier molecular flexibility index (Phi) is 5.10. The zero-order chi connectivity index (χ0) is 21.4. The topological polar surface area (TPSA) is 76.6 Å². The summed E-state index contributed by atoms with van der Waals surface area (Å²) in [6.45, 7) is 6.79. The summed E-state index contributed by atoms with van der Waals surface area (Å²) >= 11 is 0. The van der Waals surface area contributed by atoms with E-state index in [0.29, 0.717) is 36.1 Å². The van der Waals surface area contributed by atoms with Gasteiger partial charge in [-0.3, -0.25) is 4.79 Å². The first-order valence-electron chi connectivity index (χ1n) is 10.8. The van der Waals surface area contributed by atoms with Crippen molar-refractivity contribution < 1.29 is 14.3 Å². The quantitative estimate of drug-likeness (QED) is 0.682. The lowest BCUT2D eigenvalue weighted by Crippen LogP contribution is -2.38. The van der Waals surface area contributed by atoms with Crippen molar-refractivity contribution in [1.82, 2.24) is 14.9 Å². The number of piperidine rings is 1. The number of amides is 1. The molecule has 0 radical (unpaired) electrons. The average Bonchev–Trinajstić information content (AvgIpc) is 2.79. The van der Waals surface area contributed by atoms with Gasteiger partial charge in [0.1, 0.15) is 13.2 Å². The van der Waals surface area contributed by atoms with E-state index in [1.165, 1.54) is 0 Å². The molecule has 1 fully saturated rings. The van der Waals surface area contributed by atoms with Gasteiger partial charge in [0, 0.05) is 42.1 Å². The molecular weight excluding hydrogens is 392 g/mol. The number of rotatable bonds is 3. The number of nitrogens with one attached hydrogen (secondary N) is 1. The van der Waals surface area contributed by atoms with Gasteiger partial charge >= 0.3 is 0 Å². The van der Waals surface area contributed by atoms with Gasteiger partial charge in [-0.25, -0.2) is 9.97 Å². The van der Waals surface area contributed by atoms with Crippen LogP contribution in [-0.2, 0) is 0 Å². The van der Waals surface area contributed by atoms with Crippen LogP contribution in [0.1, 0.15) is 35.8 Å². The minimum atomic E-state index is 0.00178. The van der Waals surface area contributed by atoms with Gasteiger partial charge in [-0.1, -0.05) is 6.92 Å². The molecule has 1 N–H and O–H groups in total. The highest BCUT2D eigenvalue weighted by atomic mass is 16.6. The van der Waals surface area contributed by atoms with Crippen LogP contribution in [-0.4, -0.2) is 47.1 Å². The van der Waals surface area contributed by atoms with E-state index in [4.69, 9.17) is 9.47 Å². The molecule has 2 aromatic heterocycles. The number of benzene rings is 1. The number of aromatic nitrogens is 2. The second-order valence-corrected chi connectivity index (χ2v) is 8.33. The van der Waals surface area contributed by atoms with Crippen LogP contribution in [0.5, 0.6) is 11.5 Å². The summed E-state index contributed by atoms with van der Waals surface area (Å²) < 4.78 is 11.4. The number of likely N-dealkylation sites (tertiary alicyclic amines) is 1. The maximum atomic E-state index is 13.4. The van der Waals surface area contributed by atoms with E-state index in [1.54, 1.807) is 6.20 Å². The van der Waals surface area contributed by atoms with Crippen molar-refractivity contribution in [3.8, 4) is 11.5 Å². The molecule has 0 spiro atoms. The predicted molar refractivity (Wildman–Crippen MR) is 119 cm³/mol. The van der Waals surface area contributed by atoms with Crippen LogP contribution in [0.4, 0.5) is 11.4 Å². The largest absolute Gasteiger partial charge is 0.486 e. The summed E-state index contributed by atoms with van der Waals surface area (Å²) in [7, 11) is 0. The molecule has 0 aliphatic carbocycles. The third kappa shape index (κ3) is 3.87. The number of carbonyl (C=O) groups is 1. The summed E-state index contributed by atoms with van der Waals surface area (Å²) in [6, 6.07) is 9.63. The van der Waals surface area contributed by atoms with Crippen LogP contribution in [0.15, 0.2) is 36.5 Å². The third-order valence-corrected chi connectivity index (χ3v) is 5.98. The van der Waals surface area contributed by atoms with Crippen molar-refractivity contribution in [2.24, 2.45) is 5.92 Å². The van der Waals surface area contributed by atoms with Gasteiger partial charge in [0.15, 0.2) is 17.1 Å². The summed E-state index contributed by atoms with van der Waals surface area (Å²) in [5, 5.41) is 4.27. The molecule has 3 aromatic rings. The SMILES string of the molecule is Cc1ccc2c(Nc3ccc4c(c3)OCCO4)c(C(=O)N3CCC(C)CC3)cnc2n1. The fourth-order valence-corrected chi connectivity index (χ4v) is 4.12. The lowest BCUT2D eigenvalue weighted by atomic mass is 9.98. The number of aryl methyl sites for hydroxylation is 1. The van der Waals surface area contributed by atoms with Crippen molar-refractivity contribution >= 4 is 28.3 Å². The number of hydrogen-bond donors (Lipinski definition) is 1. The van der Waals surface area contributed by atoms with E-state index in [1.807, 2.05) is 42.2 Å². The fourth-order valence-electron chi connectivity index (χ4n) is 4.12. The number of hydrogen-bond acceptors (Lipinski definition) is 6. The first-order chi connectivity index (χ1) is 15.1. The number of anilines is 2. The zero-order valence-electron chi connectivity index (χ0n) is 17.9. The van der Waals surface area contributed by atoms with E-state index < -0.39 is 0 Å². The van der Waals surface area contributed by atoms with E-state index in [-0.39, 0.29) is 5.91 Å². The van der Waals surface area contributed by atoms with Gasteiger partial charge < -0.3 is 19.7 Å². The molecule has 0 unspecified atom stereocenters. The van der Waals surface area contributed by atoms with E-state index >= 15 is 0 Å². The lowest BCUT2D eigenvalue weighted by molar-refractivity contribution is 0.0698. The minimum absolute atomic E-state index is 0.00178. The molecule has 160 valence electrons. The molecule has 7 nitrogen and oxygen atoms in total. The van der Waals surface area contributed by atoms with Crippen molar-refractivity contribution in [2.75, 3.05) is 31.6 Å². The first kappa shape index (κ1) is 19.6. The highest BCUT2D eigenvalue weighted by Gasteiger charge is 2.25.